The van der Waals surface area contributed by atoms with Crippen LogP contribution in [0, 0.1) is 0 Å². The number of rotatable bonds is 8. The highest BCUT2D eigenvalue weighted by atomic mass is 16.5. The molecule has 0 aromatic heterocycles. The van der Waals surface area contributed by atoms with Crippen LogP contribution in [-0.2, 0) is 4.79 Å². The van der Waals surface area contributed by atoms with E-state index >= 15 is 0 Å². The van der Waals surface area contributed by atoms with Gasteiger partial charge in [0.25, 0.3) is 5.91 Å². The van der Waals surface area contributed by atoms with Gasteiger partial charge in [0.1, 0.15) is 11.8 Å². The molecule has 1 N–H and O–H groups in total. The molecule has 1 saturated heterocycles. The van der Waals surface area contributed by atoms with Gasteiger partial charge < -0.3 is 19.9 Å². The average molecular weight is 347 g/mol. The van der Waals surface area contributed by atoms with Gasteiger partial charge in [0.15, 0.2) is 0 Å². The smallest absolute Gasteiger partial charge is 0.258 e. The quantitative estimate of drug-likeness (QED) is 0.778. The Morgan fingerprint density at radius 3 is 2.80 bits per heavy atom. The molecule has 1 aliphatic heterocycles. The second kappa shape index (κ2) is 9.42. The fourth-order valence-electron chi connectivity index (χ4n) is 3.01. The van der Waals surface area contributed by atoms with Crippen LogP contribution in [0.2, 0.25) is 0 Å². The molecule has 138 valence electrons. The van der Waals surface area contributed by atoms with E-state index in [-0.39, 0.29) is 11.8 Å². The molecule has 2 amide bonds. The van der Waals surface area contributed by atoms with E-state index in [1.165, 1.54) is 0 Å². The number of amides is 2. The maximum Gasteiger partial charge on any atom is 0.258 e. The van der Waals surface area contributed by atoms with Crippen LogP contribution < -0.4 is 10.1 Å². The lowest BCUT2D eigenvalue weighted by Gasteiger charge is -2.25. The van der Waals surface area contributed by atoms with E-state index in [4.69, 9.17) is 4.74 Å². The largest absolute Gasteiger partial charge is 0.493 e. The predicted octanol–water partition coefficient (Wildman–Crippen LogP) is 1.76. The van der Waals surface area contributed by atoms with Crippen molar-refractivity contribution in [3.8, 4) is 5.75 Å². The van der Waals surface area contributed by atoms with Crippen molar-refractivity contribution in [3.05, 3.63) is 29.8 Å². The second-order valence-electron chi connectivity index (χ2n) is 6.27. The monoisotopic (exact) mass is 347 g/mol. The van der Waals surface area contributed by atoms with E-state index in [1.807, 2.05) is 26.1 Å². The van der Waals surface area contributed by atoms with Crippen LogP contribution in [0.4, 0.5) is 0 Å². The minimum atomic E-state index is -0.394. The van der Waals surface area contributed by atoms with Gasteiger partial charge in [0.05, 0.1) is 12.2 Å². The average Bonchev–Trinajstić information content (AvgIpc) is 3.11. The zero-order chi connectivity index (χ0) is 18.2. The first-order chi connectivity index (χ1) is 12.1. The molecule has 1 aromatic rings. The highest BCUT2D eigenvalue weighted by Gasteiger charge is 2.35. The Hall–Kier alpha value is -2.08. The SMILES string of the molecule is CCOc1ccccc1C(=O)N1CCCC1C(=O)NCCN(C)CC. The number of hydrogen-bond donors (Lipinski definition) is 1. The van der Waals surface area contributed by atoms with Crippen LogP contribution in [-0.4, -0.2) is 67.5 Å². The Morgan fingerprint density at radius 2 is 2.08 bits per heavy atom. The van der Waals surface area contributed by atoms with Gasteiger partial charge in [-0.3, -0.25) is 9.59 Å². The number of benzene rings is 1. The van der Waals surface area contributed by atoms with Crippen LogP contribution in [0.25, 0.3) is 0 Å². The molecule has 0 radical (unpaired) electrons. The summed E-state index contributed by atoms with van der Waals surface area (Å²) >= 11 is 0. The first kappa shape index (κ1) is 19.2. The molecular weight excluding hydrogens is 318 g/mol. The summed E-state index contributed by atoms with van der Waals surface area (Å²) in [6.45, 7) is 7.41. The number of likely N-dealkylation sites (tertiary alicyclic amines) is 1. The molecule has 0 spiro atoms. The third kappa shape index (κ3) is 4.95. The van der Waals surface area contributed by atoms with E-state index in [9.17, 15) is 9.59 Å². The number of carbonyl (C=O) groups is 2. The number of ether oxygens (including phenoxy) is 1. The molecule has 6 nitrogen and oxygen atoms in total. The highest BCUT2D eigenvalue weighted by Crippen LogP contribution is 2.25. The highest BCUT2D eigenvalue weighted by molar-refractivity contribution is 6.00. The fourth-order valence-corrected chi connectivity index (χ4v) is 3.01. The van der Waals surface area contributed by atoms with Gasteiger partial charge in [-0.15, -0.1) is 0 Å². The number of hydrogen-bond acceptors (Lipinski definition) is 4. The molecule has 2 rings (SSSR count). The molecule has 0 aliphatic carbocycles. The van der Waals surface area contributed by atoms with E-state index in [2.05, 4.69) is 17.1 Å². The molecule has 6 heteroatoms. The lowest BCUT2D eigenvalue weighted by Crippen LogP contribution is -2.47. The summed E-state index contributed by atoms with van der Waals surface area (Å²) in [6.07, 6.45) is 1.55. The summed E-state index contributed by atoms with van der Waals surface area (Å²) in [5, 5.41) is 2.96. The van der Waals surface area contributed by atoms with Gasteiger partial charge >= 0.3 is 0 Å². The molecule has 1 atom stereocenters. The first-order valence-corrected chi connectivity index (χ1v) is 9.07. The van der Waals surface area contributed by atoms with Gasteiger partial charge in [-0.2, -0.15) is 0 Å². The molecule has 1 aliphatic rings. The Morgan fingerprint density at radius 1 is 1.32 bits per heavy atom. The third-order valence-electron chi connectivity index (χ3n) is 4.57. The molecule has 1 heterocycles. The van der Waals surface area contributed by atoms with Crippen LogP contribution in [0.1, 0.15) is 37.0 Å². The third-order valence-corrected chi connectivity index (χ3v) is 4.57. The summed E-state index contributed by atoms with van der Waals surface area (Å²) in [7, 11) is 2.02. The lowest BCUT2D eigenvalue weighted by molar-refractivity contribution is -0.124. The van der Waals surface area contributed by atoms with Crippen molar-refractivity contribution in [2.75, 3.05) is 39.8 Å². The Balaban J connectivity index is 2.03. The van der Waals surface area contributed by atoms with Gasteiger partial charge in [0, 0.05) is 19.6 Å². The minimum Gasteiger partial charge on any atom is -0.493 e. The van der Waals surface area contributed by atoms with E-state index in [0.717, 1.165) is 19.5 Å². The Labute approximate surface area is 150 Å². The van der Waals surface area contributed by atoms with E-state index < -0.39 is 6.04 Å². The molecule has 0 saturated carbocycles. The van der Waals surface area contributed by atoms with Crippen molar-refractivity contribution in [2.24, 2.45) is 0 Å². The predicted molar refractivity (Wildman–Crippen MR) is 97.9 cm³/mol. The van der Waals surface area contributed by atoms with Crippen molar-refractivity contribution < 1.29 is 14.3 Å². The van der Waals surface area contributed by atoms with Crippen molar-refractivity contribution in [1.29, 1.82) is 0 Å². The van der Waals surface area contributed by atoms with Crippen molar-refractivity contribution in [1.82, 2.24) is 15.1 Å². The van der Waals surface area contributed by atoms with Crippen molar-refractivity contribution in [3.63, 3.8) is 0 Å². The zero-order valence-electron chi connectivity index (χ0n) is 15.5. The maximum absolute atomic E-state index is 12.9. The summed E-state index contributed by atoms with van der Waals surface area (Å²) in [5.74, 6) is 0.377. The van der Waals surface area contributed by atoms with Crippen molar-refractivity contribution in [2.45, 2.75) is 32.7 Å². The molecule has 0 bridgehead atoms. The van der Waals surface area contributed by atoms with Gasteiger partial charge in [0.2, 0.25) is 5.91 Å². The Bertz CT molecular complexity index is 591. The fraction of sp³-hybridized carbons (Fsp3) is 0.579. The normalized spacial score (nSPS) is 17.0. The summed E-state index contributed by atoms with van der Waals surface area (Å²) in [4.78, 5) is 29.3. The van der Waals surface area contributed by atoms with Gasteiger partial charge in [-0.25, -0.2) is 0 Å². The minimum absolute atomic E-state index is 0.0655. The van der Waals surface area contributed by atoms with E-state index in [0.29, 0.717) is 37.4 Å². The standard InChI is InChI=1S/C19H29N3O3/c1-4-21(3)14-12-20-18(23)16-10-8-13-22(16)19(24)15-9-6-7-11-17(15)25-5-2/h6-7,9,11,16H,4-5,8,10,12-14H2,1-3H3,(H,20,23). The zero-order valence-corrected chi connectivity index (χ0v) is 15.5. The van der Waals surface area contributed by atoms with Crippen LogP contribution >= 0.6 is 0 Å². The first-order valence-electron chi connectivity index (χ1n) is 9.07. The maximum atomic E-state index is 12.9. The number of likely N-dealkylation sites (N-methyl/N-ethyl adjacent to an activating group) is 1. The molecule has 1 fully saturated rings. The Kier molecular flexibility index (Phi) is 7.25. The van der Waals surface area contributed by atoms with Crippen LogP contribution in [0.3, 0.4) is 0 Å². The number of para-hydroxylation sites is 1. The summed E-state index contributed by atoms with van der Waals surface area (Å²) in [5.41, 5.74) is 0.523. The van der Waals surface area contributed by atoms with Gasteiger partial charge in [-0.05, 0) is 45.5 Å². The van der Waals surface area contributed by atoms with Crippen LogP contribution in [0.5, 0.6) is 5.75 Å². The van der Waals surface area contributed by atoms with E-state index in [1.54, 1.807) is 17.0 Å². The van der Waals surface area contributed by atoms with Gasteiger partial charge in [-0.1, -0.05) is 19.1 Å². The van der Waals surface area contributed by atoms with Crippen molar-refractivity contribution >= 4 is 11.8 Å². The summed E-state index contributed by atoms with van der Waals surface area (Å²) in [6, 6.07) is 6.83. The number of nitrogens with one attached hydrogen (secondary N) is 1. The second-order valence-corrected chi connectivity index (χ2v) is 6.27. The number of nitrogens with zero attached hydrogens (tertiary/aromatic N) is 2. The topological polar surface area (TPSA) is 61.9 Å². The molecule has 1 unspecified atom stereocenters. The molecule has 25 heavy (non-hydrogen) atoms. The van der Waals surface area contributed by atoms with Crippen LogP contribution in [0.15, 0.2) is 24.3 Å². The molecular formula is C19H29N3O3. The summed E-state index contributed by atoms with van der Waals surface area (Å²) < 4.78 is 5.56. The molecule has 1 aromatic carbocycles. The number of carbonyl (C=O) groups excluding carboxylic acids is 2. The lowest BCUT2D eigenvalue weighted by atomic mass is 10.1.